The van der Waals surface area contributed by atoms with Crippen LogP contribution in [0.15, 0.2) is 18.5 Å². The molecule has 0 radical (unpaired) electrons. The molecule has 96 valence electrons. The van der Waals surface area contributed by atoms with E-state index in [1.807, 2.05) is 24.1 Å². The van der Waals surface area contributed by atoms with Crippen LogP contribution >= 0.6 is 0 Å². The Kier molecular flexibility index (Phi) is 2.91. The van der Waals surface area contributed by atoms with Crippen LogP contribution in [0.3, 0.4) is 0 Å². The second-order valence-electron chi connectivity index (χ2n) is 5.17. The summed E-state index contributed by atoms with van der Waals surface area (Å²) in [5.41, 5.74) is 3.73. The maximum atomic E-state index is 4.43. The number of aromatic amines is 1. The van der Waals surface area contributed by atoms with Gasteiger partial charge in [-0.15, -0.1) is 0 Å². The van der Waals surface area contributed by atoms with Gasteiger partial charge in [-0.1, -0.05) is 0 Å². The van der Waals surface area contributed by atoms with Crippen LogP contribution in [0.25, 0.3) is 0 Å². The molecule has 1 aliphatic rings. The fourth-order valence-corrected chi connectivity index (χ4v) is 2.76. The fraction of sp³-hybridized carbons (Fsp3) is 0.538. The van der Waals surface area contributed by atoms with Gasteiger partial charge in [-0.25, -0.2) is 0 Å². The minimum absolute atomic E-state index is 0.594. The third kappa shape index (κ3) is 2.18. The van der Waals surface area contributed by atoms with E-state index in [0.29, 0.717) is 5.92 Å². The first-order valence-electron chi connectivity index (χ1n) is 6.43. The summed E-state index contributed by atoms with van der Waals surface area (Å²) in [7, 11) is 1.96. The molecule has 0 amide bonds. The summed E-state index contributed by atoms with van der Waals surface area (Å²) >= 11 is 0. The Hall–Kier alpha value is -1.62. The topological polar surface area (TPSA) is 49.7 Å². The minimum atomic E-state index is 0.594. The van der Waals surface area contributed by atoms with Crippen LogP contribution in [0.2, 0.25) is 0 Å². The van der Waals surface area contributed by atoms with E-state index in [2.05, 4.69) is 33.2 Å². The third-order valence-corrected chi connectivity index (χ3v) is 3.70. The van der Waals surface area contributed by atoms with Crippen molar-refractivity contribution in [3.8, 4) is 0 Å². The highest BCUT2D eigenvalue weighted by molar-refractivity contribution is 5.20. The van der Waals surface area contributed by atoms with Crippen LogP contribution in [0.5, 0.6) is 0 Å². The van der Waals surface area contributed by atoms with E-state index >= 15 is 0 Å². The average molecular weight is 245 g/mol. The molecule has 0 bridgehead atoms. The molecule has 3 heterocycles. The zero-order valence-corrected chi connectivity index (χ0v) is 10.9. The quantitative estimate of drug-likeness (QED) is 0.890. The lowest BCUT2D eigenvalue weighted by molar-refractivity contribution is 0.321. The monoisotopic (exact) mass is 245 g/mol. The van der Waals surface area contributed by atoms with E-state index in [-0.39, 0.29) is 0 Å². The van der Waals surface area contributed by atoms with Crippen molar-refractivity contribution in [2.24, 2.45) is 7.05 Å². The van der Waals surface area contributed by atoms with Gasteiger partial charge >= 0.3 is 0 Å². The molecular formula is C13H19N5. The molecule has 1 aliphatic heterocycles. The van der Waals surface area contributed by atoms with Gasteiger partial charge in [0.1, 0.15) is 0 Å². The van der Waals surface area contributed by atoms with Gasteiger partial charge < -0.3 is 0 Å². The average Bonchev–Trinajstić information content (AvgIpc) is 3.02. The summed E-state index contributed by atoms with van der Waals surface area (Å²) in [6, 6.07) is 2.09. The molecule has 0 spiro atoms. The van der Waals surface area contributed by atoms with Crippen molar-refractivity contribution < 1.29 is 0 Å². The number of nitrogens with one attached hydrogen (secondary N) is 1. The van der Waals surface area contributed by atoms with Crippen LogP contribution in [0.4, 0.5) is 0 Å². The van der Waals surface area contributed by atoms with Crippen LogP contribution in [-0.2, 0) is 13.6 Å². The lowest BCUT2D eigenvalue weighted by atomic mass is 10.0. The molecule has 5 heteroatoms. The second kappa shape index (κ2) is 4.57. The van der Waals surface area contributed by atoms with E-state index in [9.17, 15) is 0 Å². The highest BCUT2D eigenvalue weighted by Crippen LogP contribution is 2.28. The lowest BCUT2D eigenvalue weighted by Gasteiger charge is -2.14. The van der Waals surface area contributed by atoms with E-state index in [0.717, 1.165) is 25.3 Å². The Morgan fingerprint density at radius 2 is 2.39 bits per heavy atom. The molecule has 2 aromatic rings. The molecule has 1 saturated heterocycles. The summed E-state index contributed by atoms with van der Waals surface area (Å²) < 4.78 is 1.86. The number of H-pyrrole nitrogens is 1. The maximum Gasteiger partial charge on any atom is 0.0764 e. The standard InChI is InChI=1S/C13H19N5/c1-10-7-14-15-13(10)11-3-6-18(8-11)9-12-4-5-17(2)16-12/h4-5,7,11H,3,6,8-9H2,1-2H3,(H,14,15)/t11-/m0/s1. The number of hydrogen-bond acceptors (Lipinski definition) is 3. The van der Waals surface area contributed by atoms with Crippen molar-refractivity contribution in [3.63, 3.8) is 0 Å². The van der Waals surface area contributed by atoms with Gasteiger partial charge in [0.25, 0.3) is 0 Å². The number of nitrogens with zero attached hydrogens (tertiary/aromatic N) is 4. The van der Waals surface area contributed by atoms with E-state index in [1.165, 1.54) is 17.7 Å². The first-order chi connectivity index (χ1) is 8.72. The molecule has 1 N–H and O–H groups in total. The van der Waals surface area contributed by atoms with Gasteiger partial charge in [0.05, 0.1) is 11.9 Å². The largest absolute Gasteiger partial charge is 0.297 e. The maximum absolute atomic E-state index is 4.43. The van der Waals surface area contributed by atoms with Crippen LogP contribution in [-0.4, -0.2) is 38.0 Å². The minimum Gasteiger partial charge on any atom is -0.297 e. The molecule has 1 fully saturated rings. The van der Waals surface area contributed by atoms with Crippen LogP contribution in [0, 0.1) is 6.92 Å². The molecule has 18 heavy (non-hydrogen) atoms. The smallest absolute Gasteiger partial charge is 0.0764 e. The van der Waals surface area contributed by atoms with Gasteiger partial charge in [0.15, 0.2) is 0 Å². The summed E-state index contributed by atoms with van der Waals surface area (Å²) in [6.07, 6.45) is 5.12. The first-order valence-corrected chi connectivity index (χ1v) is 6.43. The van der Waals surface area contributed by atoms with Crippen molar-refractivity contribution in [1.82, 2.24) is 24.9 Å². The molecule has 0 aromatic carbocycles. The SMILES string of the molecule is Cc1cn[nH]c1[C@H]1CCN(Cc2ccn(C)n2)C1. The summed E-state index contributed by atoms with van der Waals surface area (Å²) in [6.45, 7) is 5.31. The van der Waals surface area contributed by atoms with Crippen molar-refractivity contribution in [2.45, 2.75) is 25.8 Å². The third-order valence-electron chi connectivity index (χ3n) is 3.70. The Morgan fingerprint density at radius 3 is 3.06 bits per heavy atom. The second-order valence-corrected chi connectivity index (χ2v) is 5.17. The molecule has 0 unspecified atom stereocenters. The Balaban J connectivity index is 1.63. The predicted octanol–water partition coefficient (Wildman–Crippen LogP) is 1.44. The van der Waals surface area contributed by atoms with Crippen molar-refractivity contribution in [1.29, 1.82) is 0 Å². The first kappa shape index (κ1) is 11.5. The summed E-state index contributed by atoms with van der Waals surface area (Å²) in [5, 5.41) is 11.7. The zero-order chi connectivity index (χ0) is 12.5. The highest BCUT2D eigenvalue weighted by atomic mass is 15.3. The number of aromatic nitrogens is 4. The number of aryl methyl sites for hydroxylation is 2. The van der Waals surface area contributed by atoms with Crippen LogP contribution < -0.4 is 0 Å². The molecule has 1 atom stereocenters. The molecular weight excluding hydrogens is 226 g/mol. The van der Waals surface area contributed by atoms with Gasteiger partial charge in [-0.3, -0.25) is 14.7 Å². The molecule has 0 saturated carbocycles. The van der Waals surface area contributed by atoms with E-state index in [1.54, 1.807) is 0 Å². The van der Waals surface area contributed by atoms with Gasteiger partial charge in [-0.05, 0) is 31.5 Å². The number of rotatable bonds is 3. The molecule has 3 rings (SSSR count). The lowest BCUT2D eigenvalue weighted by Crippen LogP contribution is -2.20. The summed E-state index contributed by atoms with van der Waals surface area (Å²) in [5.74, 6) is 0.594. The normalized spacial score (nSPS) is 20.7. The van der Waals surface area contributed by atoms with Gasteiger partial charge in [0, 0.05) is 37.9 Å². The predicted molar refractivity (Wildman–Crippen MR) is 69.2 cm³/mol. The highest BCUT2D eigenvalue weighted by Gasteiger charge is 2.26. The fourth-order valence-electron chi connectivity index (χ4n) is 2.76. The molecule has 2 aromatic heterocycles. The Bertz CT molecular complexity index is 527. The van der Waals surface area contributed by atoms with Crippen LogP contribution in [0.1, 0.15) is 29.3 Å². The number of hydrogen-bond donors (Lipinski definition) is 1. The Morgan fingerprint density at radius 1 is 1.50 bits per heavy atom. The van der Waals surface area contributed by atoms with Gasteiger partial charge in [-0.2, -0.15) is 10.2 Å². The van der Waals surface area contributed by atoms with Crippen molar-refractivity contribution in [2.75, 3.05) is 13.1 Å². The zero-order valence-electron chi connectivity index (χ0n) is 10.9. The summed E-state index contributed by atoms with van der Waals surface area (Å²) in [4.78, 5) is 2.47. The van der Waals surface area contributed by atoms with Gasteiger partial charge in [0.2, 0.25) is 0 Å². The van der Waals surface area contributed by atoms with E-state index < -0.39 is 0 Å². The number of likely N-dealkylation sites (tertiary alicyclic amines) is 1. The van der Waals surface area contributed by atoms with Crippen molar-refractivity contribution >= 4 is 0 Å². The molecule has 0 aliphatic carbocycles. The molecule has 5 nitrogen and oxygen atoms in total. The van der Waals surface area contributed by atoms with E-state index in [4.69, 9.17) is 0 Å². The Labute approximate surface area is 107 Å². The van der Waals surface area contributed by atoms with Crippen molar-refractivity contribution in [3.05, 3.63) is 35.4 Å².